The van der Waals surface area contributed by atoms with Gasteiger partial charge in [0.15, 0.2) is 5.82 Å². The van der Waals surface area contributed by atoms with Crippen LogP contribution in [-0.4, -0.2) is 32.3 Å². The van der Waals surface area contributed by atoms with E-state index >= 15 is 0 Å². The van der Waals surface area contributed by atoms with Crippen LogP contribution in [0, 0.1) is 18.3 Å². The summed E-state index contributed by atoms with van der Waals surface area (Å²) in [6.07, 6.45) is -4.05. The Morgan fingerprint density at radius 1 is 1.19 bits per heavy atom. The number of nitrogens with one attached hydrogen (secondary N) is 2. The fourth-order valence-electron chi connectivity index (χ4n) is 3.74. The standard InChI is InChI=1S/C22H19F3N4O2/c1-11(2)31-17-8-12(3)19-14(6-7-27-19)18(17)21(30,22(23,24)25)20-28-15-5-4-13(10-26)9-16(15)29-20/h4-9,11,27,30H,1-3H3,(H,28,29). The van der Waals surface area contributed by atoms with Crippen molar-refractivity contribution in [2.45, 2.75) is 38.7 Å². The first-order chi connectivity index (χ1) is 14.6. The van der Waals surface area contributed by atoms with Gasteiger partial charge in [-0.2, -0.15) is 18.4 Å². The molecule has 1 atom stereocenters. The number of H-pyrrole nitrogens is 2. The van der Waals surface area contributed by atoms with E-state index in [1.165, 1.54) is 36.5 Å². The summed E-state index contributed by atoms with van der Waals surface area (Å²) in [4.78, 5) is 9.54. The van der Waals surface area contributed by atoms with Gasteiger partial charge in [0.2, 0.25) is 5.60 Å². The summed E-state index contributed by atoms with van der Waals surface area (Å²) in [6.45, 7) is 5.13. The van der Waals surface area contributed by atoms with Crippen molar-refractivity contribution in [1.82, 2.24) is 15.0 Å². The maximum absolute atomic E-state index is 14.6. The minimum Gasteiger partial charge on any atom is -0.491 e. The predicted molar refractivity (Wildman–Crippen MR) is 109 cm³/mol. The Kier molecular flexibility index (Phi) is 4.70. The van der Waals surface area contributed by atoms with E-state index in [0.29, 0.717) is 11.1 Å². The highest BCUT2D eigenvalue weighted by atomic mass is 19.4. The van der Waals surface area contributed by atoms with Gasteiger partial charge in [0.25, 0.3) is 0 Å². The van der Waals surface area contributed by atoms with Crippen molar-refractivity contribution in [2.24, 2.45) is 0 Å². The highest BCUT2D eigenvalue weighted by Crippen LogP contribution is 2.50. The van der Waals surface area contributed by atoms with Gasteiger partial charge in [-0.15, -0.1) is 0 Å². The number of hydrogen-bond acceptors (Lipinski definition) is 4. The van der Waals surface area contributed by atoms with Crippen molar-refractivity contribution in [3.8, 4) is 11.8 Å². The summed E-state index contributed by atoms with van der Waals surface area (Å²) in [5.41, 5.74) is -2.16. The maximum Gasteiger partial charge on any atom is 0.429 e. The molecule has 4 rings (SSSR count). The number of benzene rings is 2. The van der Waals surface area contributed by atoms with E-state index in [-0.39, 0.29) is 27.7 Å². The largest absolute Gasteiger partial charge is 0.491 e. The highest BCUT2D eigenvalue weighted by Gasteiger charge is 2.60. The van der Waals surface area contributed by atoms with E-state index in [1.54, 1.807) is 20.8 Å². The van der Waals surface area contributed by atoms with Crippen molar-refractivity contribution < 1.29 is 23.0 Å². The Morgan fingerprint density at radius 3 is 2.58 bits per heavy atom. The lowest BCUT2D eigenvalue weighted by atomic mass is 9.87. The summed E-state index contributed by atoms with van der Waals surface area (Å²) >= 11 is 0. The van der Waals surface area contributed by atoms with Gasteiger partial charge < -0.3 is 19.8 Å². The molecule has 0 fully saturated rings. The Labute approximate surface area is 175 Å². The number of halogens is 3. The van der Waals surface area contributed by atoms with Gasteiger partial charge in [0.1, 0.15) is 5.75 Å². The summed E-state index contributed by atoms with van der Waals surface area (Å²) in [7, 11) is 0. The second-order valence-corrected chi connectivity index (χ2v) is 7.64. The number of nitrogens with zero attached hydrogens (tertiary/aromatic N) is 2. The number of nitriles is 1. The first-order valence-electron chi connectivity index (χ1n) is 9.53. The number of aromatic nitrogens is 3. The molecule has 9 heteroatoms. The predicted octanol–water partition coefficient (Wildman–Crippen LogP) is 4.81. The van der Waals surface area contributed by atoms with Crippen LogP contribution in [-0.2, 0) is 5.60 Å². The number of hydrogen-bond donors (Lipinski definition) is 3. The first-order valence-corrected chi connectivity index (χ1v) is 9.53. The van der Waals surface area contributed by atoms with Crippen molar-refractivity contribution in [2.75, 3.05) is 0 Å². The van der Waals surface area contributed by atoms with E-state index in [1.807, 2.05) is 6.07 Å². The van der Waals surface area contributed by atoms with Crippen LogP contribution in [0.25, 0.3) is 21.9 Å². The molecule has 0 radical (unpaired) electrons. The quantitative estimate of drug-likeness (QED) is 0.435. The van der Waals surface area contributed by atoms with Gasteiger partial charge in [-0.25, -0.2) is 4.98 Å². The van der Waals surface area contributed by atoms with Crippen molar-refractivity contribution in [3.05, 3.63) is 59.0 Å². The fraction of sp³-hybridized carbons (Fsp3) is 0.273. The number of rotatable bonds is 4. The van der Waals surface area contributed by atoms with Gasteiger partial charge in [0, 0.05) is 17.1 Å². The van der Waals surface area contributed by atoms with Crippen LogP contribution in [0.15, 0.2) is 36.5 Å². The number of ether oxygens (including phenoxy) is 1. The summed E-state index contributed by atoms with van der Waals surface area (Å²) in [6, 6.07) is 9.14. The van der Waals surface area contributed by atoms with Crippen molar-refractivity contribution >= 4 is 21.9 Å². The number of alkyl halides is 3. The normalized spacial score (nSPS) is 14.2. The number of fused-ring (bicyclic) bond motifs is 2. The summed E-state index contributed by atoms with van der Waals surface area (Å²) < 4.78 is 49.4. The lowest BCUT2D eigenvalue weighted by Gasteiger charge is -2.32. The van der Waals surface area contributed by atoms with Crippen LogP contribution in [0.1, 0.15) is 36.4 Å². The number of imidazole rings is 1. The fourth-order valence-corrected chi connectivity index (χ4v) is 3.74. The maximum atomic E-state index is 14.6. The van der Waals surface area contributed by atoms with E-state index in [0.717, 1.165) is 0 Å². The lowest BCUT2D eigenvalue weighted by molar-refractivity contribution is -0.250. The third-order valence-electron chi connectivity index (χ3n) is 5.09. The van der Waals surface area contributed by atoms with Crippen LogP contribution in [0.3, 0.4) is 0 Å². The van der Waals surface area contributed by atoms with E-state index < -0.39 is 29.3 Å². The molecule has 2 aromatic heterocycles. The van der Waals surface area contributed by atoms with E-state index in [9.17, 15) is 18.3 Å². The first kappa shape index (κ1) is 20.8. The summed E-state index contributed by atoms with van der Waals surface area (Å²) in [5.74, 6) is -0.789. The van der Waals surface area contributed by atoms with Gasteiger partial charge in [-0.3, -0.25) is 0 Å². The molecular weight excluding hydrogens is 409 g/mol. The van der Waals surface area contributed by atoms with Gasteiger partial charge in [-0.05, 0) is 56.7 Å². The second kappa shape index (κ2) is 7.03. The molecule has 31 heavy (non-hydrogen) atoms. The molecule has 0 bridgehead atoms. The molecule has 0 aliphatic carbocycles. The smallest absolute Gasteiger partial charge is 0.429 e. The second-order valence-electron chi connectivity index (χ2n) is 7.64. The average molecular weight is 428 g/mol. The van der Waals surface area contributed by atoms with Crippen LogP contribution in [0.5, 0.6) is 5.75 Å². The molecule has 1 unspecified atom stereocenters. The average Bonchev–Trinajstić information content (AvgIpc) is 3.33. The number of aryl methyl sites for hydroxylation is 1. The van der Waals surface area contributed by atoms with Crippen LogP contribution in [0.4, 0.5) is 13.2 Å². The molecule has 6 nitrogen and oxygen atoms in total. The third-order valence-corrected chi connectivity index (χ3v) is 5.09. The minimum atomic E-state index is -5.13. The van der Waals surface area contributed by atoms with Crippen LogP contribution in [0.2, 0.25) is 0 Å². The monoisotopic (exact) mass is 428 g/mol. The molecule has 2 aromatic carbocycles. The molecule has 0 saturated heterocycles. The number of aromatic amines is 2. The molecule has 0 spiro atoms. The third kappa shape index (κ3) is 3.20. The van der Waals surface area contributed by atoms with Crippen LogP contribution < -0.4 is 4.74 Å². The Balaban J connectivity index is 2.08. The molecule has 2 heterocycles. The van der Waals surface area contributed by atoms with E-state index in [2.05, 4.69) is 15.0 Å². The molecule has 3 N–H and O–H groups in total. The molecule has 160 valence electrons. The number of aliphatic hydroxyl groups is 1. The lowest BCUT2D eigenvalue weighted by Crippen LogP contribution is -2.45. The van der Waals surface area contributed by atoms with Gasteiger partial charge in [0.05, 0.1) is 34.3 Å². The zero-order valence-corrected chi connectivity index (χ0v) is 16.9. The van der Waals surface area contributed by atoms with Crippen molar-refractivity contribution in [3.63, 3.8) is 0 Å². The molecule has 0 amide bonds. The highest BCUT2D eigenvalue weighted by molar-refractivity contribution is 5.90. The summed E-state index contributed by atoms with van der Waals surface area (Å²) in [5, 5.41) is 20.6. The zero-order valence-electron chi connectivity index (χ0n) is 16.9. The molecule has 0 saturated carbocycles. The molecule has 0 aliphatic rings. The zero-order chi connectivity index (χ0) is 22.6. The van der Waals surface area contributed by atoms with Crippen LogP contribution >= 0.6 is 0 Å². The molecule has 4 aromatic rings. The topological polar surface area (TPSA) is 97.7 Å². The van der Waals surface area contributed by atoms with Gasteiger partial charge >= 0.3 is 6.18 Å². The minimum absolute atomic E-state index is 0.0856. The van der Waals surface area contributed by atoms with E-state index in [4.69, 9.17) is 10.00 Å². The Bertz CT molecular complexity index is 1330. The van der Waals surface area contributed by atoms with Crippen molar-refractivity contribution in [1.29, 1.82) is 5.26 Å². The Morgan fingerprint density at radius 2 is 1.94 bits per heavy atom. The molecular formula is C22H19F3N4O2. The Hall–Kier alpha value is -3.51. The SMILES string of the molecule is Cc1cc(OC(C)C)c(C(O)(c2nc3cc(C#N)ccc3[nH]2)C(F)(F)F)c2cc[nH]c12. The van der Waals surface area contributed by atoms with Gasteiger partial charge in [-0.1, -0.05) is 0 Å². The molecule has 0 aliphatic heterocycles.